The molecule has 0 aliphatic heterocycles. The van der Waals surface area contributed by atoms with Gasteiger partial charge in [0.25, 0.3) is 0 Å². The molecule has 5 nitrogen and oxygen atoms in total. The van der Waals surface area contributed by atoms with E-state index in [1.54, 1.807) is 0 Å². The van der Waals surface area contributed by atoms with Crippen molar-refractivity contribution in [2.24, 2.45) is 5.92 Å². The van der Waals surface area contributed by atoms with E-state index in [1.165, 1.54) is 0 Å². The van der Waals surface area contributed by atoms with Gasteiger partial charge in [-0.25, -0.2) is 4.79 Å². The van der Waals surface area contributed by atoms with Crippen molar-refractivity contribution >= 4 is 17.7 Å². The Bertz CT molecular complexity index is 526. The number of Topliss-reactive ketones (excluding diaryl/α,β-unsaturated/α-hetero) is 1. The van der Waals surface area contributed by atoms with Crippen molar-refractivity contribution < 1.29 is 19.5 Å². The van der Waals surface area contributed by atoms with Crippen LogP contribution in [-0.4, -0.2) is 28.8 Å². The highest BCUT2D eigenvalue weighted by atomic mass is 16.4. The molecule has 5 heteroatoms. The number of hydrogen-bond acceptors (Lipinski definition) is 3. The Kier molecular flexibility index (Phi) is 5.09. The molecule has 0 aromatic heterocycles. The topological polar surface area (TPSA) is 83.5 Å². The van der Waals surface area contributed by atoms with Crippen LogP contribution in [0.4, 0.5) is 0 Å². The van der Waals surface area contributed by atoms with Gasteiger partial charge in [-0.2, -0.15) is 0 Å². The van der Waals surface area contributed by atoms with Crippen molar-refractivity contribution in [2.75, 3.05) is 0 Å². The van der Waals surface area contributed by atoms with Gasteiger partial charge in [-0.3, -0.25) is 9.59 Å². The molecule has 2 N–H and O–H groups in total. The van der Waals surface area contributed by atoms with E-state index in [0.717, 1.165) is 5.56 Å². The molecule has 2 rings (SSSR count). The maximum absolute atomic E-state index is 12.0. The summed E-state index contributed by atoms with van der Waals surface area (Å²) in [5.41, 5.74) is 0.832. The van der Waals surface area contributed by atoms with Crippen molar-refractivity contribution in [2.45, 2.75) is 38.1 Å². The molecule has 1 aromatic rings. The monoisotopic (exact) mass is 289 g/mol. The van der Waals surface area contributed by atoms with Crippen LogP contribution in [0.1, 0.15) is 31.2 Å². The van der Waals surface area contributed by atoms with Crippen molar-refractivity contribution in [3.05, 3.63) is 35.9 Å². The molecule has 1 aliphatic rings. The van der Waals surface area contributed by atoms with Crippen LogP contribution in [0.2, 0.25) is 0 Å². The van der Waals surface area contributed by atoms with Gasteiger partial charge in [-0.05, 0) is 24.3 Å². The second kappa shape index (κ2) is 7.02. The molecule has 1 aliphatic carbocycles. The summed E-state index contributed by atoms with van der Waals surface area (Å²) in [4.78, 5) is 34.8. The van der Waals surface area contributed by atoms with Crippen LogP contribution in [0.15, 0.2) is 30.3 Å². The fourth-order valence-electron chi connectivity index (χ4n) is 2.73. The van der Waals surface area contributed by atoms with Gasteiger partial charge in [0.05, 0.1) is 6.42 Å². The summed E-state index contributed by atoms with van der Waals surface area (Å²) in [7, 11) is 0. The first kappa shape index (κ1) is 15.2. The van der Waals surface area contributed by atoms with Gasteiger partial charge in [0, 0.05) is 12.8 Å². The summed E-state index contributed by atoms with van der Waals surface area (Å²) >= 11 is 0. The zero-order valence-electron chi connectivity index (χ0n) is 11.7. The maximum atomic E-state index is 12.0. The second-order valence-electron chi connectivity index (χ2n) is 5.44. The van der Waals surface area contributed by atoms with E-state index in [1.807, 2.05) is 30.3 Å². The molecule has 0 bridgehead atoms. The summed E-state index contributed by atoms with van der Waals surface area (Å²) in [6, 6.07) is 8.17. The van der Waals surface area contributed by atoms with E-state index in [2.05, 4.69) is 5.32 Å². The van der Waals surface area contributed by atoms with Gasteiger partial charge >= 0.3 is 5.97 Å². The highest BCUT2D eigenvalue weighted by molar-refractivity contribution is 5.86. The molecular formula is C16H19NO4. The van der Waals surface area contributed by atoms with Crippen LogP contribution < -0.4 is 5.32 Å². The Morgan fingerprint density at radius 3 is 2.62 bits per heavy atom. The number of amides is 1. The van der Waals surface area contributed by atoms with Crippen LogP contribution in [0.25, 0.3) is 0 Å². The lowest BCUT2D eigenvalue weighted by Crippen LogP contribution is -2.47. The lowest BCUT2D eigenvalue weighted by Gasteiger charge is -2.27. The van der Waals surface area contributed by atoms with E-state index in [0.29, 0.717) is 19.3 Å². The first-order valence-corrected chi connectivity index (χ1v) is 7.14. The fourth-order valence-corrected chi connectivity index (χ4v) is 2.73. The fraction of sp³-hybridized carbons (Fsp3) is 0.438. The average molecular weight is 289 g/mol. The summed E-state index contributed by atoms with van der Waals surface area (Å²) in [6.45, 7) is 0. The number of aliphatic carboxylic acids is 1. The first-order valence-electron chi connectivity index (χ1n) is 7.14. The number of ketones is 1. The number of carbonyl (C=O) groups is 3. The molecule has 0 saturated heterocycles. The van der Waals surface area contributed by atoms with Gasteiger partial charge in [0.2, 0.25) is 5.91 Å². The highest BCUT2D eigenvalue weighted by Crippen LogP contribution is 2.24. The summed E-state index contributed by atoms with van der Waals surface area (Å²) in [6.07, 6.45) is 2.25. The SMILES string of the molecule is O=C1CCC[C@@H]([C@H](NC(=O)Cc2ccccc2)C(=O)O)C1. The largest absolute Gasteiger partial charge is 0.480 e. The van der Waals surface area contributed by atoms with Crippen molar-refractivity contribution in [3.8, 4) is 0 Å². The molecular weight excluding hydrogens is 270 g/mol. The lowest BCUT2D eigenvalue weighted by atomic mass is 9.83. The van der Waals surface area contributed by atoms with Gasteiger partial charge in [0.1, 0.15) is 11.8 Å². The van der Waals surface area contributed by atoms with Crippen LogP contribution in [0.3, 0.4) is 0 Å². The molecule has 112 valence electrons. The Hall–Kier alpha value is -2.17. The zero-order chi connectivity index (χ0) is 15.2. The number of nitrogens with one attached hydrogen (secondary N) is 1. The third-order valence-corrected chi connectivity index (χ3v) is 3.78. The van der Waals surface area contributed by atoms with Crippen molar-refractivity contribution in [3.63, 3.8) is 0 Å². The third kappa shape index (κ3) is 4.41. The minimum atomic E-state index is -1.07. The molecule has 21 heavy (non-hydrogen) atoms. The summed E-state index contributed by atoms with van der Waals surface area (Å²) in [5, 5.41) is 11.9. The Balaban J connectivity index is 1.97. The molecule has 2 atom stereocenters. The van der Waals surface area contributed by atoms with Crippen molar-refractivity contribution in [1.29, 1.82) is 0 Å². The van der Waals surface area contributed by atoms with Crippen LogP contribution >= 0.6 is 0 Å². The van der Waals surface area contributed by atoms with E-state index in [4.69, 9.17) is 0 Å². The second-order valence-corrected chi connectivity index (χ2v) is 5.44. The number of benzene rings is 1. The Morgan fingerprint density at radius 1 is 1.29 bits per heavy atom. The van der Waals surface area contributed by atoms with E-state index in [-0.39, 0.29) is 30.4 Å². The van der Waals surface area contributed by atoms with E-state index in [9.17, 15) is 19.5 Å². The predicted octanol–water partition coefficient (Wildman–Crippen LogP) is 1.56. The van der Waals surface area contributed by atoms with Gasteiger partial charge in [-0.1, -0.05) is 30.3 Å². The molecule has 0 radical (unpaired) electrons. The summed E-state index contributed by atoms with van der Waals surface area (Å²) in [5.74, 6) is -1.62. The zero-order valence-corrected chi connectivity index (χ0v) is 11.7. The average Bonchev–Trinajstić information content (AvgIpc) is 2.45. The normalized spacial score (nSPS) is 19.8. The van der Waals surface area contributed by atoms with Crippen LogP contribution in [0, 0.1) is 5.92 Å². The lowest BCUT2D eigenvalue weighted by molar-refractivity contribution is -0.144. The standard InChI is InChI=1S/C16H19NO4/c18-13-8-4-7-12(10-13)15(16(20)21)17-14(19)9-11-5-2-1-3-6-11/h1-3,5-6,12,15H,4,7-10H2,(H,17,19)(H,20,21)/t12-,15+/m1/s1. The van der Waals surface area contributed by atoms with Gasteiger partial charge < -0.3 is 10.4 Å². The first-order chi connectivity index (χ1) is 10.1. The van der Waals surface area contributed by atoms with Gasteiger partial charge in [0.15, 0.2) is 0 Å². The van der Waals surface area contributed by atoms with Crippen LogP contribution in [0.5, 0.6) is 0 Å². The Labute approximate surface area is 123 Å². The molecule has 1 amide bonds. The predicted molar refractivity (Wildman–Crippen MR) is 76.7 cm³/mol. The molecule has 1 saturated carbocycles. The maximum Gasteiger partial charge on any atom is 0.326 e. The van der Waals surface area contributed by atoms with Crippen molar-refractivity contribution in [1.82, 2.24) is 5.32 Å². The number of carboxylic acid groups (broad SMARTS) is 1. The third-order valence-electron chi connectivity index (χ3n) is 3.78. The van der Waals surface area contributed by atoms with Gasteiger partial charge in [-0.15, -0.1) is 0 Å². The number of carbonyl (C=O) groups excluding carboxylic acids is 2. The number of rotatable bonds is 5. The minimum Gasteiger partial charge on any atom is -0.480 e. The summed E-state index contributed by atoms with van der Waals surface area (Å²) < 4.78 is 0. The molecule has 0 unspecified atom stereocenters. The quantitative estimate of drug-likeness (QED) is 0.861. The van der Waals surface area contributed by atoms with E-state index >= 15 is 0 Å². The van der Waals surface area contributed by atoms with Crippen LogP contribution in [-0.2, 0) is 20.8 Å². The molecule has 1 aromatic carbocycles. The van der Waals surface area contributed by atoms with E-state index < -0.39 is 12.0 Å². The minimum absolute atomic E-state index is 0.0785. The number of hydrogen-bond donors (Lipinski definition) is 2. The smallest absolute Gasteiger partial charge is 0.326 e. The highest BCUT2D eigenvalue weighted by Gasteiger charge is 2.33. The Morgan fingerprint density at radius 2 is 2.00 bits per heavy atom. The molecule has 0 heterocycles. The number of carboxylic acids is 1. The molecule has 1 fully saturated rings. The molecule has 0 spiro atoms.